The summed E-state index contributed by atoms with van der Waals surface area (Å²) in [6, 6.07) is 4.17. The van der Waals surface area contributed by atoms with Crippen LogP contribution in [-0.2, 0) is 6.54 Å². The summed E-state index contributed by atoms with van der Waals surface area (Å²) < 4.78 is 15.4. The molecule has 0 aliphatic rings. The van der Waals surface area contributed by atoms with E-state index in [0.29, 0.717) is 11.4 Å². The molecule has 0 spiro atoms. The Kier molecular flexibility index (Phi) is 4.57. The Morgan fingerprint density at radius 3 is 3.05 bits per heavy atom. The number of nitrogens with zero attached hydrogens (tertiary/aromatic N) is 2. The molecular formula is C13H14FN3OS. The number of thiol groups is 1. The number of carbonyl (C=O) groups excluding carboxylic acids is 1. The summed E-state index contributed by atoms with van der Waals surface area (Å²) in [6.07, 6.45) is 6.02. The van der Waals surface area contributed by atoms with Crippen LogP contribution in [0.25, 0.3) is 0 Å². The third-order valence-electron chi connectivity index (χ3n) is 2.63. The van der Waals surface area contributed by atoms with E-state index >= 15 is 0 Å². The molecule has 1 N–H and O–H groups in total. The van der Waals surface area contributed by atoms with Crippen LogP contribution in [0.2, 0.25) is 0 Å². The molecule has 4 nitrogen and oxygen atoms in total. The number of carbonyl (C=O) groups is 1. The number of hydrogen-bond donors (Lipinski definition) is 2. The second-order valence-corrected chi connectivity index (χ2v) is 4.59. The summed E-state index contributed by atoms with van der Waals surface area (Å²) in [5, 5.41) is 2.68. The van der Waals surface area contributed by atoms with Crippen LogP contribution in [-0.4, -0.2) is 22.0 Å². The van der Waals surface area contributed by atoms with Gasteiger partial charge in [-0.05, 0) is 24.6 Å². The van der Waals surface area contributed by atoms with Crippen LogP contribution in [0.15, 0.2) is 41.8 Å². The van der Waals surface area contributed by atoms with Crippen molar-refractivity contribution >= 4 is 18.5 Å². The predicted molar refractivity (Wildman–Crippen MR) is 72.8 cm³/mol. The van der Waals surface area contributed by atoms with Crippen molar-refractivity contribution in [3.05, 3.63) is 48.3 Å². The molecule has 0 aliphatic heterocycles. The molecule has 19 heavy (non-hydrogen) atoms. The lowest BCUT2D eigenvalue weighted by Gasteiger charge is -2.07. The third kappa shape index (κ3) is 3.82. The van der Waals surface area contributed by atoms with Crippen LogP contribution < -0.4 is 5.32 Å². The van der Waals surface area contributed by atoms with Crippen molar-refractivity contribution in [3.63, 3.8) is 0 Å². The highest BCUT2D eigenvalue weighted by atomic mass is 32.1. The molecule has 0 atom stereocenters. The first-order valence-electron chi connectivity index (χ1n) is 5.89. The summed E-state index contributed by atoms with van der Waals surface area (Å²) >= 11 is 4.09. The number of hydrogen-bond acceptors (Lipinski definition) is 3. The zero-order chi connectivity index (χ0) is 13.7. The lowest BCUT2D eigenvalue weighted by atomic mass is 10.2. The fourth-order valence-electron chi connectivity index (χ4n) is 1.67. The Balaban J connectivity index is 1.82. The van der Waals surface area contributed by atoms with E-state index in [1.165, 1.54) is 18.2 Å². The van der Waals surface area contributed by atoms with Crippen molar-refractivity contribution in [3.8, 4) is 0 Å². The van der Waals surface area contributed by atoms with Gasteiger partial charge in [0.05, 0.1) is 11.9 Å². The minimum atomic E-state index is -0.537. The largest absolute Gasteiger partial charge is 0.352 e. The van der Waals surface area contributed by atoms with E-state index in [1.54, 1.807) is 12.5 Å². The van der Waals surface area contributed by atoms with Gasteiger partial charge < -0.3 is 9.88 Å². The smallest absolute Gasteiger partial charge is 0.254 e. The highest BCUT2D eigenvalue weighted by Crippen LogP contribution is 2.13. The van der Waals surface area contributed by atoms with Gasteiger partial charge in [0.15, 0.2) is 0 Å². The topological polar surface area (TPSA) is 46.9 Å². The summed E-state index contributed by atoms with van der Waals surface area (Å²) in [7, 11) is 0. The molecule has 0 bridgehead atoms. The monoisotopic (exact) mass is 279 g/mol. The van der Waals surface area contributed by atoms with Crippen molar-refractivity contribution in [2.75, 3.05) is 6.54 Å². The van der Waals surface area contributed by atoms with E-state index in [2.05, 4.69) is 22.9 Å². The summed E-state index contributed by atoms with van der Waals surface area (Å²) in [6.45, 7) is 1.24. The average molecular weight is 279 g/mol. The highest BCUT2D eigenvalue weighted by Gasteiger charge is 2.11. The maximum absolute atomic E-state index is 13.4. The molecule has 0 saturated heterocycles. The van der Waals surface area contributed by atoms with E-state index < -0.39 is 11.7 Å². The molecule has 1 aromatic heterocycles. The lowest BCUT2D eigenvalue weighted by molar-refractivity contribution is 0.0948. The molecule has 100 valence electrons. The molecule has 0 unspecified atom stereocenters. The van der Waals surface area contributed by atoms with E-state index in [4.69, 9.17) is 0 Å². The summed E-state index contributed by atoms with van der Waals surface area (Å²) in [5.41, 5.74) is 0.0233. The fourth-order valence-corrected chi connectivity index (χ4v) is 1.87. The number of amides is 1. The predicted octanol–water partition coefficient (Wildman–Crippen LogP) is 2.13. The highest BCUT2D eigenvalue weighted by molar-refractivity contribution is 7.80. The Morgan fingerprint density at radius 1 is 1.47 bits per heavy atom. The molecule has 2 aromatic rings. The van der Waals surface area contributed by atoms with Gasteiger partial charge in [-0.1, -0.05) is 0 Å². The first kappa shape index (κ1) is 13.6. The van der Waals surface area contributed by atoms with Gasteiger partial charge in [0.2, 0.25) is 0 Å². The number of halogens is 1. The zero-order valence-electron chi connectivity index (χ0n) is 10.2. The van der Waals surface area contributed by atoms with E-state index in [0.717, 1.165) is 13.0 Å². The molecule has 2 rings (SSSR count). The van der Waals surface area contributed by atoms with Gasteiger partial charge in [-0.25, -0.2) is 9.37 Å². The van der Waals surface area contributed by atoms with Crippen molar-refractivity contribution in [2.24, 2.45) is 0 Å². The van der Waals surface area contributed by atoms with E-state index in [9.17, 15) is 9.18 Å². The van der Waals surface area contributed by atoms with Crippen LogP contribution >= 0.6 is 12.6 Å². The van der Waals surface area contributed by atoms with Crippen molar-refractivity contribution in [1.82, 2.24) is 14.9 Å². The Labute approximate surface area is 116 Å². The minimum absolute atomic E-state index is 0.0233. The number of aryl methyl sites for hydroxylation is 1. The molecule has 1 aromatic carbocycles. The maximum Gasteiger partial charge on any atom is 0.254 e. The summed E-state index contributed by atoms with van der Waals surface area (Å²) in [5.74, 6) is -0.955. The standard InChI is InChI=1S/C13H14FN3OS/c14-12-3-2-10(19)8-11(12)13(18)16-4-1-6-17-7-5-15-9-17/h2-3,5,7-9,19H,1,4,6H2,(H,16,18). The fraction of sp³-hybridized carbons (Fsp3) is 0.231. The molecule has 1 amide bonds. The van der Waals surface area contributed by atoms with Gasteiger partial charge in [-0.3, -0.25) is 4.79 Å². The van der Waals surface area contributed by atoms with Gasteiger partial charge in [0, 0.05) is 30.4 Å². The molecular weight excluding hydrogens is 265 g/mol. The zero-order valence-corrected chi connectivity index (χ0v) is 11.1. The Hall–Kier alpha value is -1.82. The van der Waals surface area contributed by atoms with Crippen LogP contribution in [0.5, 0.6) is 0 Å². The number of rotatable bonds is 5. The molecule has 0 saturated carbocycles. The molecule has 6 heteroatoms. The number of benzene rings is 1. The van der Waals surface area contributed by atoms with Gasteiger partial charge in [-0.2, -0.15) is 0 Å². The van der Waals surface area contributed by atoms with Crippen LogP contribution in [0, 0.1) is 5.82 Å². The van der Waals surface area contributed by atoms with E-state index in [-0.39, 0.29) is 5.56 Å². The first-order valence-corrected chi connectivity index (χ1v) is 6.34. The normalized spacial score (nSPS) is 10.4. The van der Waals surface area contributed by atoms with Crippen LogP contribution in [0.3, 0.4) is 0 Å². The van der Waals surface area contributed by atoms with Crippen LogP contribution in [0.1, 0.15) is 16.8 Å². The van der Waals surface area contributed by atoms with Crippen LogP contribution in [0.4, 0.5) is 4.39 Å². The first-order chi connectivity index (χ1) is 9.16. The second-order valence-electron chi connectivity index (χ2n) is 4.07. The van der Waals surface area contributed by atoms with Gasteiger partial charge in [-0.15, -0.1) is 12.6 Å². The third-order valence-corrected chi connectivity index (χ3v) is 2.91. The quantitative estimate of drug-likeness (QED) is 0.650. The Morgan fingerprint density at radius 2 is 2.32 bits per heavy atom. The van der Waals surface area contributed by atoms with Gasteiger partial charge in [0.25, 0.3) is 5.91 Å². The number of imidazole rings is 1. The second kappa shape index (κ2) is 6.38. The van der Waals surface area contributed by atoms with Gasteiger partial charge >= 0.3 is 0 Å². The molecule has 0 aliphatic carbocycles. The number of aromatic nitrogens is 2. The minimum Gasteiger partial charge on any atom is -0.352 e. The SMILES string of the molecule is O=C(NCCCn1ccnc1)c1cc(S)ccc1F. The van der Waals surface area contributed by atoms with Crippen molar-refractivity contribution in [1.29, 1.82) is 0 Å². The molecule has 1 heterocycles. The Bertz CT molecular complexity index is 557. The molecule has 0 radical (unpaired) electrons. The lowest BCUT2D eigenvalue weighted by Crippen LogP contribution is -2.26. The van der Waals surface area contributed by atoms with Crippen molar-refractivity contribution in [2.45, 2.75) is 17.9 Å². The average Bonchev–Trinajstić information content (AvgIpc) is 2.90. The van der Waals surface area contributed by atoms with Crippen molar-refractivity contribution < 1.29 is 9.18 Å². The summed E-state index contributed by atoms with van der Waals surface area (Å²) in [4.78, 5) is 16.3. The maximum atomic E-state index is 13.4. The van der Waals surface area contributed by atoms with Gasteiger partial charge in [0.1, 0.15) is 5.82 Å². The van der Waals surface area contributed by atoms with E-state index in [1.807, 2.05) is 10.8 Å². The number of nitrogens with one attached hydrogen (secondary N) is 1. The molecule has 0 fully saturated rings.